The van der Waals surface area contributed by atoms with E-state index in [-0.39, 0.29) is 0 Å². The average Bonchev–Trinajstić information content (AvgIpc) is 2.81. The Kier molecular flexibility index (Phi) is 4.44. The molecular formula is C13H16N2O2S2. The van der Waals surface area contributed by atoms with Gasteiger partial charge in [0.05, 0.1) is 10.6 Å². The van der Waals surface area contributed by atoms with E-state index in [0.29, 0.717) is 17.1 Å². The molecule has 0 aromatic carbocycles. The minimum atomic E-state index is -3.47. The van der Waals surface area contributed by atoms with Crippen molar-refractivity contribution in [2.24, 2.45) is 0 Å². The van der Waals surface area contributed by atoms with Crippen molar-refractivity contribution in [1.82, 2.24) is 9.62 Å². The summed E-state index contributed by atoms with van der Waals surface area (Å²) in [4.78, 5) is 0.349. The number of hydrogen-bond donors (Lipinski definition) is 1. The Balaban J connectivity index is 2.40. The predicted molar refractivity (Wildman–Crippen MR) is 78.0 cm³/mol. The molecule has 4 nitrogen and oxygen atoms in total. The van der Waals surface area contributed by atoms with Crippen molar-refractivity contribution in [2.45, 2.75) is 18.2 Å². The van der Waals surface area contributed by atoms with Gasteiger partial charge >= 0.3 is 0 Å². The zero-order valence-electron chi connectivity index (χ0n) is 10.6. The summed E-state index contributed by atoms with van der Waals surface area (Å²) in [6.45, 7) is 2.42. The molecule has 19 heavy (non-hydrogen) atoms. The van der Waals surface area contributed by atoms with E-state index >= 15 is 0 Å². The van der Waals surface area contributed by atoms with Crippen LogP contribution in [0.25, 0.3) is 0 Å². The van der Waals surface area contributed by atoms with Gasteiger partial charge in [-0.25, -0.2) is 8.42 Å². The zero-order valence-corrected chi connectivity index (χ0v) is 12.2. The van der Waals surface area contributed by atoms with Crippen LogP contribution >= 0.6 is 11.3 Å². The first-order valence-electron chi connectivity index (χ1n) is 6.00. The van der Waals surface area contributed by atoms with Gasteiger partial charge in [-0.3, -0.25) is 4.31 Å². The van der Waals surface area contributed by atoms with Crippen molar-refractivity contribution < 1.29 is 8.42 Å². The fourth-order valence-electron chi connectivity index (χ4n) is 1.73. The minimum Gasteiger partial charge on any atom is -0.368 e. The third-order valence-corrected chi connectivity index (χ3v) is 5.26. The van der Waals surface area contributed by atoms with Crippen molar-refractivity contribution in [3.8, 4) is 0 Å². The van der Waals surface area contributed by atoms with Gasteiger partial charge in [-0.2, -0.15) is 11.3 Å². The van der Waals surface area contributed by atoms with E-state index in [1.807, 2.05) is 6.92 Å². The average molecular weight is 296 g/mol. The molecule has 0 aliphatic carbocycles. The lowest BCUT2D eigenvalue weighted by atomic mass is 10.3. The van der Waals surface area contributed by atoms with Crippen LogP contribution in [0, 0.1) is 0 Å². The highest BCUT2D eigenvalue weighted by Gasteiger charge is 2.25. The fourth-order valence-corrected chi connectivity index (χ4v) is 4.30. The van der Waals surface area contributed by atoms with Crippen molar-refractivity contribution in [1.29, 1.82) is 0 Å². The number of nitrogens with one attached hydrogen (secondary N) is 1. The molecule has 0 unspecified atom stereocenters. The van der Waals surface area contributed by atoms with Crippen LogP contribution in [0.1, 0.15) is 13.3 Å². The van der Waals surface area contributed by atoms with Crippen LogP contribution in [0.15, 0.2) is 58.0 Å². The Morgan fingerprint density at radius 3 is 2.89 bits per heavy atom. The van der Waals surface area contributed by atoms with Crippen molar-refractivity contribution >= 4 is 21.4 Å². The monoisotopic (exact) mass is 296 g/mol. The van der Waals surface area contributed by atoms with E-state index in [2.05, 4.69) is 5.32 Å². The van der Waals surface area contributed by atoms with Crippen molar-refractivity contribution in [3.63, 3.8) is 0 Å². The van der Waals surface area contributed by atoms with Gasteiger partial charge in [-0.05, 0) is 36.1 Å². The predicted octanol–water partition coefficient (Wildman–Crippen LogP) is 2.66. The van der Waals surface area contributed by atoms with Crippen molar-refractivity contribution in [2.75, 3.05) is 6.54 Å². The third-order valence-electron chi connectivity index (χ3n) is 2.61. The van der Waals surface area contributed by atoms with Gasteiger partial charge in [0, 0.05) is 24.3 Å². The molecule has 0 saturated heterocycles. The molecule has 2 heterocycles. The van der Waals surface area contributed by atoms with Crippen LogP contribution in [0.3, 0.4) is 0 Å². The minimum absolute atomic E-state index is 0.349. The molecule has 1 N–H and O–H groups in total. The highest BCUT2D eigenvalue weighted by atomic mass is 32.2. The maximum absolute atomic E-state index is 12.6. The molecule has 0 radical (unpaired) electrons. The summed E-state index contributed by atoms with van der Waals surface area (Å²) < 4.78 is 26.7. The summed E-state index contributed by atoms with van der Waals surface area (Å²) in [5.74, 6) is 0. The summed E-state index contributed by atoms with van der Waals surface area (Å²) in [5, 5.41) is 6.36. The first-order chi connectivity index (χ1) is 9.16. The van der Waals surface area contributed by atoms with E-state index in [0.717, 1.165) is 6.42 Å². The summed E-state index contributed by atoms with van der Waals surface area (Å²) in [6, 6.07) is 1.64. The van der Waals surface area contributed by atoms with E-state index < -0.39 is 10.0 Å². The molecule has 0 fully saturated rings. The van der Waals surface area contributed by atoms with E-state index in [9.17, 15) is 8.42 Å². The lowest BCUT2D eigenvalue weighted by Crippen LogP contribution is -2.30. The van der Waals surface area contributed by atoms with Crippen LogP contribution < -0.4 is 5.32 Å². The normalized spacial score (nSPS) is 14.7. The maximum atomic E-state index is 12.6. The Bertz CT molecular complexity index is 599. The molecule has 1 aromatic heterocycles. The Morgan fingerprint density at radius 1 is 1.37 bits per heavy atom. The van der Waals surface area contributed by atoms with Gasteiger partial charge < -0.3 is 5.32 Å². The number of hydrogen-bond acceptors (Lipinski definition) is 4. The molecule has 6 heteroatoms. The highest BCUT2D eigenvalue weighted by Crippen LogP contribution is 2.23. The second kappa shape index (κ2) is 6.08. The Hall–Kier alpha value is -1.53. The molecule has 1 aliphatic rings. The van der Waals surface area contributed by atoms with Gasteiger partial charge in [0.1, 0.15) is 0 Å². The molecule has 2 rings (SSSR count). The van der Waals surface area contributed by atoms with E-state index in [1.54, 1.807) is 47.5 Å². The van der Waals surface area contributed by atoms with Gasteiger partial charge in [-0.15, -0.1) is 0 Å². The largest absolute Gasteiger partial charge is 0.368 e. The van der Waals surface area contributed by atoms with Crippen LogP contribution in [-0.4, -0.2) is 19.3 Å². The van der Waals surface area contributed by atoms with Gasteiger partial charge in [0.2, 0.25) is 0 Å². The number of allylic oxidation sites excluding steroid dienone is 3. The molecule has 0 bridgehead atoms. The van der Waals surface area contributed by atoms with Crippen LogP contribution in [-0.2, 0) is 10.0 Å². The summed E-state index contributed by atoms with van der Waals surface area (Å²) in [6.07, 6.45) is 9.58. The molecule has 0 spiro atoms. The number of rotatable bonds is 5. The second-order valence-corrected chi connectivity index (χ2v) is 6.63. The number of thiophene rings is 1. The van der Waals surface area contributed by atoms with Gasteiger partial charge in [0.15, 0.2) is 0 Å². The quantitative estimate of drug-likeness (QED) is 0.909. The lowest BCUT2D eigenvalue weighted by Gasteiger charge is -2.24. The van der Waals surface area contributed by atoms with E-state index in [4.69, 9.17) is 0 Å². The SMILES string of the molecule is CCCN(C1=CC=CNC=C1)S(=O)(=O)c1ccsc1. The zero-order chi connectivity index (χ0) is 13.7. The Morgan fingerprint density at radius 2 is 2.21 bits per heavy atom. The first-order valence-corrected chi connectivity index (χ1v) is 8.39. The molecule has 102 valence electrons. The first kappa shape index (κ1) is 13.9. The highest BCUT2D eigenvalue weighted by molar-refractivity contribution is 7.89. The fraction of sp³-hybridized carbons (Fsp3) is 0.231. The molecular weight excluding hydrogens is 280 g/mol. The maximum Gasteiger partial charge on any atom is 0.265 e. The third kappa shape index (κ3) is 3.08. The lowest BCUT2D eigenvalue weighted by molar-refractivity contribution is 0.481. The molecule has 0 saturated carbocycles. The standard InChI is InChI=1S/C13H16N2O2S2/c1-2-9-15(12-4-3-7-14-8-5-12)19(16,17)13-6-10-18-11-13/h3-8,10-11,14H,2,9H2,1H3. The number of sulfonamides is 1. The summed E-state index contributed by atoms with van der Waals surface area (Å²) >= 11 is 1.38. The van der Waals surface area contributed by atoms with Crippen LogP contribution in [0.5, 0.6) is 0 Å². The smallest absolute Gasteiger partial charge is 0.265 e. The number of nitrogens with zero attached hydrogens (tertiary/aromatic N) is 1. The molecule has 1 aromatic rings. The van der Waals surface area contributed by atoms with Crippen LogP contribution in [0.2, 0.25) is 0 Å². The molecule has 0 amide bonds. The van der Waals surface area contributed by atoms with Crippen LogP contribution in [0.4, 0.5) is 0 Å². The second-order valence-electron chi connectivity index (χ2n) is 3.99. The summed E-state index contributed by atoms with van der Waals surface area (Å²) in [7, 11) is -3.47. The van der Waals surface area contributed by atoms with Gasteiger partial charge in [-0.1, -0.05) is 6.92 Å². The van der Waals surface area contributed by atoms with Crippen molar-refractivity contribution in [3.05, 3.63) is 53.2 Å². The van der Waals surface area contributed by atoms with Gasteiger partial charge in [0.25, 0.3) is 10.0 Å². The summed E-state index contributed by atoms with van der Waals surface area (Å²) in [5.41, 5.74) is 0.661. The molecule has 1 aliphatic heterocycles. The van der Waals surface area contributed by atoms with E-state index in [1.165, 1.54) is 15.6 Å². The topological polar surface area (TPSA) is 49.4 Å². The Labute approximate surface area is 117 Å². The molecule has 0 atom stereocenters.